The Morgan fingerprint density at radius 1 is 1.14 bits per heavy atom. The molecule has 0 saturated heterocycles. The first-order valence-electron chi connectivity index (χ1n) is 7.83. The molecule has 0 spiro atoms. The highest BCUT2D eigenvalue weighted by atomic mass is 19.4. The van der Waals surface area contributed by atoms with Crippen molar-refractivity contribution in [2.24, 2.45) is 0 Å². The molecule has 0 fully saturated rings. The Hall–Kier alpha value is -3.10. The van der Waals surface area contributed by atoms with Crippen molar-refractivity contribution in [3.05, 3.63) is 58.7 Å². The fourth-order valence-electron chi connectivity index (χ4n) is 2.29. The molecule has 2 rings (SSSR count). The van der Waals surface area contributed by atoms with Crippen LogP contribution in [0, 0.1) is 0 Å². The molecule has 9 heteroatoms. The highest BCUT2D eigenvalue weighted by Crippen LogP contribution is 2.31. The zero-order chi connectivity index (χ0) is 20.9. The third kappa shape index (κ3) is 5.45. The van der Waals surface area contributed by atoms with Crippen LogP contribution in [-0.2, 0) is 10.9 Å². The Labute approximate surface area is 156 Å². The number of ether oxygens (including phenoxy) is 2. The van der Waals surface area contributed by atoms with Gasteiger partial charge in [-0.05, 0) is 29.3 Å². The molecular weight excluding hydrogens is 387 g/mol. The monoisotopic (exact) mass is 402 g/mol. The molecule has 0 aliphatic rings. The second kappa shape index (κ2) is 8.73. The molecule has 150 valence electrons. The van der Waals surface area contributed by atoms with Crippen molar-refractivity contribution in [1.29, 1.82) is 0 Å². The number of aromatic hydroxyl groups is 1. The summed E-state index contributed by atoms with van der Waals surface area (Å²) in [5.74, 6) is -1.55. The number of methoxy groups -OCH3 is 1. The molecule has 1 N–H and O–H groups in total. The van der Waals surface area contributed by atoms with Crippen LogP contribution in [0.25, 0.3) is 12.2 Å². The topological polar surface area (TPSA) is 55.8 Å². The van der Waals surface area contributed by atoms with Crippen LogP contribution < -0.4 is 4.74 Å². The minimum Gasteiger partial charge on any atom is -0.507 e. The van der Waals surface area contributed by atoms with Crippen LogP contribution in [0.4, 0.5) is 22.0 Å². The quantitative estimate of drug-likeness (QED) is 0.419. The molecule has 0 saturated carbocycles. The van der Waals surface area contributed by atoms with Gasteiger partial charge in [0.05, 0.1) is 12.7 Å². The Kier molecular flexibility index (Phi) is 6.61. The number of halogens is 5. The summed E-state index contributed by atoms with van der Waals surface area (Å²) < 4.78 is 71.9. The molecule has 0 aliphatic carbocycles. The van der Waals surface area contributed by atoms with E-state index in [1.54, 1.807) is 0 Å². The third-order valence-electron chi connectivity index (χ3n) is 3.58. The van der Waals surface area contributed by atoms with Crippen LogP contribution in [0.3, 0.4) is 0 Å². The van der Waals surface area contributed by atoms with Gasteiger partial charge >= 0.3 is 12.1 Å². The van der Waals surface area contributed by atoms with E-state index in [9.17, 15) is 31.9 Å². The maximum absolute atomic E-state index is 12.6. The van der Waals surface area contributed by atoms with Crippen molar-refractivity contribution in [3.8, 4) is 11.5 Å². The van der Waals surface area contributed by atoms with Gasteiger partial charge in [0.15, 0.2) is 0 Å². The summed E-state index contributed by atoms with van der Waals surface area (Å²) in [5.41, 5.74) is -0.603. The molecule has 0 amide bonds. The molecule has 0 unspecified atom stereocenters. The minimum absolute atomic E-state index is 0.0796. The number of phenols is 1. The minimum atomic E-state index is -4.47. The van der Waals surface area contributed by atoms with Crippen molar-refractivity contribution >= 4 is 18.1 Å². The van der Waals surface area contributed by atoms with E-state index in [0.29, 0.717) is 5.56 Å². The van der Waals surface area contributed by atoms with E-state index in [-0.39, 0.29) is 16.9 Å². The van der Waals surface area contributed by atoms with Gasteiger partial charge in [0.25, 0.3) is 6.43 Å². The zero-order valence-electron chi connectivity index (χ0n) is 14.5. The third-order valence-corrected chi connectivity index (χ3v) is 3.58. The van der Waals surface area contributed by atoms with E-state index in [0.717, 1.165) is 25.3 Å². The van der Waals surface area contributed by atoms with Crippen LogP contribution in [-0.4, -0.2) is 31.2 Å². The van der Waals surface area contributed by atoms with Crippen LogP contribution in [0.5, 0.6) is 11.5 Å². The summed E-state index contributed by atoms with van der Waals surface area (Å²) in [6, 6.07) is 6.43. The highest BCUT2D eigenvalue weighted by molar-refractivity contribution is 5.98. The maximum atomic E-state index is 12.6. The first-order valence-corrected chi connectivity index (χ1v) is 7.83. The van der Waals surface area contributed by atoms with Gasteiger partial charge in [-0.1, -0.05) is 24.3 Å². The lowest BCUT2D eigenvalue weighted by atomic mass is 10.0. The van der Waals surface area contributed by atoms with Gasteiger partial charge in [0, 0.05) is 6.07 Å². The summed E-state index contributed by atoms with van der Waals surface area (Å²) in [6.45, 7) is -0.918. The first kappa shape index (κ1) is 21.2. The second-order valence-corrected chi connectivity index (χ2v) is 5.55. The SMILES string of the molecule is COC(=O)c1c(O)cc(OCC(F)F)cc1/C=C/c1ccc(C(F)(F)F)cc1. The van der Waals surface area contributed by atoms with E-state index in [2.05, 4.69) is 4.74 Å². The van der Waals surface area contributed by atoms with Crippen molar-refractivity contribution in [2.75, 3.05) is 13.7 Å². The summed E-state index contributed by atoms with van der Waals surface area (Å²) in [4.78, 5) is 11.9. The normalized spacial score (nSPS) is 11.8. The number of alkyl halides is 5. The average molecular weight is 402 g/mol. The van der Waals surface area contributed by atoms with Crippen LogP contribution in [0.15, 0.2) is 36.4 Å². The molecule has 0 aromatic heterocycles. The van der Waals surface area contributed by atoms with Gasteiger partial charge in [-0.2, -0.15) is 13.2 Å². The van der Waals surface area contributed by atoms with E-state index in [1.807, 2.05) is 0 Å². The molecule has 2 aromatic rings. The van der Waals surface area contributed by atoms with Gasteiger partial charge in [-0.25, -0.2) is 13.6 Å². The lowest BCUT2D eigenvalue weighted by molar-refractivity contribution is -0.137. The number of rotatable bonds is 6. The first-order chi connectivity index (χ1) is 13.1. The fraction of sp³-hybridized carbons (Fsp3) is 0.211. The van der Waals surface area contributed by atoms with Crippen molar-refractivity contribution < 1.29 is 41.3 Å². The van der Waals surface area contributed by atoms with Crippen molar-refractivity contribution in [1.82, 2.24) is 0 Å². The number of benzene rings is 2. The Bertz CT molecular complexity index is 858. The van der Waals surface area contributed by atoms with Crippen molar-refractivity contribution in [3.63, 3.8) is 0 Å². The fourth-order valence-corrected chi connectivity index (χ4v) is 2.29. The molecular formula is C19H15F5O4. The van der Waals surface area contributed by atoms with Gasteiger partial charge in [-0.15, -0.1) is 0 Å². The summed E-state index contributed by atoms with van der Waals surface area (Å²) >= 11 is 0. The zero-order valence-corrected chi connectivity index (χ0v) is 14.5. The second-order valence-electron chi connectivity index (χ2n) is 5.55. The van der Waals surface area contributed by atoms with Crippen molar-refractivity contribution in [2.45, 2.75) is 12.6 Å². The average Bonchev–Trinajstić information content (AvgIpc) is 2.63. The molecule has 0 heterocycles. The van der Waals surface area contributed by atoms with Crippen LogP contribution in [0.1, 0.15) is 27.0 Å². The number of hydrogen-bond acceptors (Lipinski definition) is 4. The van der Waals surface area contributed by atoms with Crippen LogP contribution >= 0.6 is 0 Å². The highest BCUT2D eigenvalue weighted by Gasteiger charge is 2.29. The molecule has 28 heavy (non-hydrogen) atoms. The molecule has 0 bridgehead atoms. The Morgan fingerprint density at radius 3 is 2.32 bits per heavy atom. The van der Waals surface area contributed by atoms with E-state index < -0.39 is 36.5 Å². The Morgan fingerprint density at radius 2 is 1.79 bits per heavy atom. The van der Waals surface area contributed by atoms with Gasteiger partial charge in [-0.3, -0.25) is 0 Å². The molecule has 4 nitrogen and oxygen atoms in total. The number of esters is 1. The smallest absolute Gasteiger partial charge is 0.416 e. The summed E-state index contributed by atoms with van der Waals surface area (Å²) in [7, 11) is 1.09. The van der Waals surface area contributed by atoms with E-state index in [1.165, 1.54) is 30.4 Å². The van der Waals surface area contributed by atoms with Gasteiger partial charge in [0.2, 0.25) is 0 Å². The molecule has 0 atom stereocenters. The van der Waals surface area contributed by atoms with Crippen LogP contribution in [0.2, 0.25) is 0 Å². The van der Waals surface area contributed by atoms with E-state index >= 15 is 0 Å². The molecule has 0 radical (unpaired) electrons. The summed E-state index contributed by atoms with van der Waals surface area (Å²) in [5, 5.41) is 10.0. The summed E-state index contributed by atoms with van der Waals surface area (Å²) in [6.07, 6.45) is -4.50. The number of phenolic OH excluding ortho intramolecular Hbond substituents is 1. The standard InChI is InChI=1S/C19H15F5O4/c1-27-18(26)17-12(8-14(9-15(17)25)28-10-16(20)21)5-2-11-3-6-13(7-4-11)19(22,23)24/h2-9,16,25H,10H2,1H3/b5-2+. The molecule has 0 aliphatic heterocycles. The van der Waals surface area contributed by atoms with Gasteiger partial charge in [0.1, 0.15) is 23.7 Å². The number of carbonyl (C=O) groups excluding carboxylic acids is 1. The van der Waals surface area contributed by atoms with E-state index in [4.69, 9.17) is 4.74 Å². The number of hydrogen-bond donors (Lipinski definition) is 1. The number of carbonyl (C=O) groups is 1. The largest absolute Gasteiger partial charge is 0.507 e. The predicted octanol–water partition coefficient (Wildman–Crippen LogP) is 5.01. The lowest BCUT2D eigenvalue weighted by Gasteiger charge is -2.11. The lowest BCUT2D eigenvalue weighted by Crippen LogP contribution is -2.09. The molecule has 2 aromatic carbocycles. The predicted molar refractivity (Wildman–Crippen MR) is 91.3 cm³/mol. The van der Waals surface area contributed by atoms with Gasteiger partial charge < -0.3 is 14.6 Å². The maximum Gasteiger partial charge on any atom is 0.416 e. The Balaban J connectivity index is 2.38.